The van der Waals surface area contributed by atoms with Crippen LogP contribution in [0.3, 0.4) is 0 Å². The third kappa shape index (κ3) is 3.23. The molecule has 0 bridgehead atoms. The Labute approximate surface area is 96.9 Å². The van der Waals surface area contributed by atoms with Gasteiger partial charge in [-0.25, -0.2) is 4.79 Å². The zero-order valence-electron chi connectivity index (χ0n) is 10.3. The summed E-state index contributed by atoms with van der Waals surface area (Å²) in [6.07, 6.45) is 1.70. The maximum Gasteiger partial charge on any atom is 0.338 e. The van der Waals surface area contributed by atoms with Crippen LogP contribution in [-0.2, 0) is 9.53 Å². The van der Waals surface area contributed by atoms with Crippen molar-refractivity contribution in [3.63, 3.8) is 0 Å². The van der Waals surface area contributed by atoms with Gasteiger partial charge in [-0.3, -0.25) is 0 Å². The van der Waals surface area contributed by atoms with Gasteiger partial charge in [0.05, 0.1) is 11.7 Å². The molecule has 0 aromatic heterocycles. The van der Waals surface area contributed by atoms with Crippen molar-refractivity contribution in [3.8, 4) is 0 Å². The Kier molecular flexibility index (Phi) is 4.29. The Morgan fingerprint density at radius 1 is 1.25 bits per heavy atom. The van der Waals surface area contributed by atoms with E-state index < -0.39 is 0 Å². The first-order valence-electron chi connectivity index (χ1n) is 5.49. The summed E-state index contributed by atoms with van der Waals surface area (Å²) < 4.78 is 5.18. The van der Waals surface area contributed by atoms with Gasteiger partial charge in [0.1, 0.15) is 0 Å². The molecule has 0 aliphatic heterocycles. The maximum absolute atomic E-state index is 11.8. The van der Waals surface area contributed by atoms with Crippen LogP contribution >= 0.6 is 0 Å². The Bertz CT molecular complexity index is 386. The molecule has 0 saturated carbocycles. The lowest BCUT2D eigenvalue weighted by Crippen LogP contribution is -2.12. The molecule has 1 aromatic rings. The molecule has 0 heterocycles. The molecule has 0 saturated heterocycles. The number of hydrogen-bond acceptors (Lipinski definition) is 2. The molecule has 1 rings (SSSR count). The minimum atomic E-state index is -0.263. The Morgan fingerprint density at radius 3 is 2.25 bits per heavy atom. The summed E-state index contributed by atoms with van der Waals surface area (Å²) in [6.45, 7) is 7.56. The standard InChI is InChI=1S/C14H18O2/c1-5-13(14(15)16-10(2)3)12-8-6-11(4)7-9-12/h5-10H,1-4H3/b13-5+. The van der Waals surface area contributed by atoms with E-state index in [1.165, 1.54) is 5.56 Å². The molecule has 0 unspecified atom stereocenters. The monoisotopic (exact) mass is 218 g/mol. The first-order valence-corrected chi connectivity index (χ1v) is 5.49. The maximum atomic E-state index is 11.8. The molecule has 0 atom stereocenters. The van der Waals surface area contributed by atoms with Gasteiger partial charge in [-0.05, 0) is 33.3 Å². The summed E-state index contributed by atoms with van der Waals surface area (Å²) in [5.74, 6) is -0.263. The van der Waals surface area contributed by atoms with E-state index in [0.29, 0.717) is 5.57 Å². The first kappa shape index (κ1) is 12.5. The van der Waals surface area contributed by atoms with Crippen molar-refractivity contribution >= 4 is 11.5 Å². The highest BCUT2D eigenvalue weighted by Gasteiger charge is 2.13. The number of carbonyl (C=O) groups is 1. The molecule has 2 nitrogen and oxygen atoms in total. The van der Waals surface area contributed by atoms with Gasteiger partial charge in [0.25, 0.3) is 0 Å². The van der Waals surface area contributed by atoms with Crippen LogP contribution in [0.25, 0.3) is 5.57 Å². The molecule has 0 amide bonds. The zero-order valence-corrected chi connectivity index (χ0v) is 10.3. The van der Waals surface area contributed by atoms with E-state index in [0.717, 1.165) is 5.56 Å². The first-order chi connectivity index (χ1) is 7.54. The summed E-state index contributed by atoms with van der Waals surface area (Å²) in [5, 5.41) is 0. The largest absolute Gasteiger partial charge is 0.459 e. The molecule has 0 N–H and O–H groups in total. The third-order valence-corrected chi connectivity index (χ3v) is 2.21. The molecule has 16 heavy (non-hydrogen) atoms. The van der Waals surface area contributed by atoms with Crippen molar-refractivity contribution < 1.29 is 9.53 Å². The van der Waals surface area contributed by atoms with Gasteiger partial charge in [0.15, 0.2) is 0 Å². The van der Waals surface area contributed by atoms with Gasteiger partial charge in [0.2, 0.25) is 0 Å². The average molecular weight is 218 g/mol. The highest BCUT2D eigenvalue weighted by molar-refractivity contribution is 6.16. The Hall–Kier alpha value is -1.57. The normalized spacial score (nSPS) is 11.7. The number of carbonyl (C=O) groups excluding carboxylic acids is 1. The van der Waals surface area contributed by atoms with E-state index in [-0.39, 0.29) is 12.1 Å². The molecular formula is C14H18O2. The van der Waals surface area contributed by atoms with Crippen molar-refractivity contribution in [1.29, 1.82) is 0 Å². The fourth-order valence-corrected chi connectivity index (χ4v) is 1.41. The molecule has 1 aromatic carbocycles. The molecule has 0 fully saturated rings. The third-order valence-electron chi connectivity index (χ3n) is 2.21. The van der Waals surface area contributed by atoms with Gasteiger partial charge < -0.3 is 4.74 Å². The molecule has 0 spiro atoms. The SMILES string of the molecule is C/C=C(/C(=O)OC(C)C)c1ccc(C)cc1. The van der Waals surface area contributed by atoms with Crippen LogP contribution in [0.15, 0.2) is 30.3 Å². The summed E-state index contributed by atoms with van der Waals surface area (Å²) in [5.41, 5.74) is 2.70. The van der Waals surface area contributed by atoms with Crippen molar-refractivity contribution in [2.45, 2.75) is 33.8 Å². The van der Waals surface area contributed by atoms with Gasteiger partial charge >= 0.3 is 5.97 Å². The lowest BCUT2D eigenvalue weighted by molar-refractivity contribution is -0.140. The minimum Gasteiger partial charge on any atom is -0.459 e. The molecule has 2 heteroatoms. The van der Waals surface area contributed by atoms with E-state index in [1.807, 2.05) is 52.0 Å². The average Bonchev–Trinajstić information content (AvgIpc) is 2.21. The van der Waals surface area contributed by atoms with E-state index in [1.54, 1.807) is 6.08 Å². The van der Waals surface area contributed by atoms with Gasteiger partial charge in [0, 0.05) is 0 Å². The number of rotatable bonds is 3. The predicted molar refractivity (Wildman–Crippen MR) is 66.1 cm³/mol. The summed E-state index contributed by atoms with van der Waals surface area (Å²) >= 11 is 0. The van der Waals surface area contributed by atoms with Crippen LogP contribution in [0.1, 0.15) is 31.9 Å². The van der Waals surface area contributed by atoms with E-state index >= 15 is 0 Å². The number of esters is 1. The highest BCUT2D eigenvalue weighted by Crippen LogP contribution is 2.17. The molecule has 0 aliphatic carbocycles. The Balaban J connectivity index is 2.91. The van der Waals surface area contributed by atoms with Crippen molar-refractivity contribution in [2.24, 2.45) is 0 Å². The number of hydrogen-bond donors (Lipinski definition) is 0. The quantitative estimate of drug-likeness (QED) is 0.574. The second-order valence-corrected chi connectivity index (χ2v) is 4.02. The fraction of sp³-hybridized carbons (Fsp3) is 0.357. The van der Waals surface area contributed by atoms with Crippen LogP contribution in [-0.4, -0.2) is 12.1 Å². The molecule has 0 aliphatic rings. The number of allylic oxidation sites excluding steroid dienone is 1. The summed E-state index contributed by atoms with van der Waals surface area (Å²) in [4.78, 5) is 11.8. The molecular weight excluding hydrogens is 200 g/mol. The van der Waals surface area contributed by atoms with Gasteiger partial charge in [-0.15, -0.1) is 0 Å². The predicted octanol–water partition coefficient (Wildman–Crippen LogP) is 3.35. The van der Waals surface area contributed by atoms with Crippen LogP contribution in [0.4, 0.5) is 0 Å². The minimum absolute atomic E-state index is 0.0899. The van der Waals surface area contributed by atoms with Crippen LogP contribution in [0.2, 0.25) is 0 Å². The number of ether oxygens (including phenoxy) is 1. The highest BCUT2D eigenvalue weighted by atomic mass is 16.5. The lowest BCUT2D eigenvalue weighted by Gasteiger charge is -2.10. The topological polar surface area (TPSA) is 26.3 Å². The second kappa shape index (κ2) is 5.50. The van der Waals surface area contributed by atoms with Crippen molar-refractivity contribution in [3.05, 3.63) is 41.5 Å². The number of benzene rings is 1. The lowest BCUT2D eigenvalue weighted by atomic mass is 10.0. The summed E-state index contributed by atoms with van der Waals surface area (Å²) in [7, 11) is 0. The van der Waals surface area contributed by atoms with Gasteiger partial charge in [-0.2, -0.15) is 0 Å². The molecule has 0 radical (unpaired) electrons. The van der Waals surface area contributed by atoms with Crippen LogP contribution in [0.5, 0.6) is 0 Å². The van der Waals surface area contributed by atoms with Crippen molar-refractivity contribution in [2.75, 3.05) is 0 Å². The summed E-state index contributed by atoms with van der Waals surface area (Å²) in [6, 6.07) is 7.85. The Morgan fingerprint density at radius 2 is 1.81 bits per heavy atom. The number of aryl methyl sites for hydroxylation is 1. The van der Waals surface area contributed by atoms with Crippen molar-refractivity contribution in [1.82, 2.24) is 0 Å². The molecule has 86 valence electrons. The van der Waals surface area contributed by atoms with E-state index in [9.17, 15) is 4.79 Å². The fourth-order valence-electron chi connectivity index (χ4n) is 1.41. The van der Waals surface area contributed by atoms with E-state index in [2.05, 4.69) is 0 Å². The van der Waals surface area contributed by atoms with Crippen LogP contribution < -0.4 is 0 Å². The van der Waals surface area contributed by atoms with E-state index in [4.69, 9.17) is 4.74 Å². The van der Waals surface area contributed by atoms with Crippen LogP contribution in [0, 0.1) is 6.92 Å². The zero-order chi connectivity index (χ0) is 12.1. The van der Waals surface area contributed by atoms with Gasteiger partial charge in [-0.1, -0.05) is 35.9 Å². The smallest absolute Gasteiger partial charge is 0.338 e. The second-order valence-electron chi connectivity index (χ2n) is 4.02.